The van der Waals surface area contributed by atoms with Crippen LogP contribution in [0.15, 0.2) is 54.6 Å². The minimum atomic E-state index is -0.858. The summed E-state index contributed by atoms with van der Waals surface area (Å²) in [5.74, 6) is -2.08. The maximum Gasteiger partial charge on any atom is 0.247 e. The zero-order chi connectivity index (χ0) is 24.1. The number of benzene rings is 2. The van der Waals surface area contributed by atoms with Crippen LogP contribution in [-0.2, 0) is 21.4 Å². The quantitative estimate of drug-likeness (QED) is 0.475. The first-order valence-electron chi connectivity index (χ1n) is 11.5. The second-order valence-corrected chi connectivity index (χ2v) is 8.91. The molecule has 8 heteroatoms. The van der Waals surface area contributed by atoms with Crippen molar-refractivity contribution in [2.24, 2.45) is 0 Å². The summed E-state index contributed by atoms with van der Waals surface area (Å²) < 4.78 is 26.7. The molecule has 1 aliphatic rings. The molecule has 1 heterocycles. The van der Waals surface area contributed by atoms with Crippen molar-refractivity contribution in [1.29, 1.82) is 0 Å². The van der Waals surface area contributed by atoms with Crippen molar-refractivity contribution >= 4 is 17.6 Å². The number of nitrogens with zero attached hydrogens (tertiary/aromatic N) is 1. The first-order chi connectivity index (χ1) is 16.4. The number of aromatic nitrogens is 2. The second kappa shape index (κ2) is 10.2. The highest BCUT2D eigenvalue weighted by atomic mass is 19.1. The van der Waals surface area contributed by atoms with Crippen molar-refractivity contribution in [3.63, 3.8) is 0 Å². The number of rotatable bonds is 7. The topological polar surface area (TPSA) is 86.9 Å². The fourth-order valence-corrected chi connectivity index (χ4v) is 4.75. The first kappa shape index (κ1) is 23.6. The van der Waals surface area contributed by atoms with Crippen molar-refractivity contribution in [3.05, 3.63) is 83.1 Å². The molecule has 0 aliphatic heterocycles. The van der Waals surface area contributed by atoms with Crippen LogP contribution in [0.25, 0.3) is 0 Å². The van der Waals surface area contributed by atoms with Crippen molar-refractivity contribution in [1.82, 2.24) is 15.5 Å². The molecule has 34 heavy (non-hydrogen) atoms. The van der Waals surface area contributed by atoms with Crippen LogP contribution in [0.2, 0.25) is 0 Å². The first-order valence-corrected chi connectivity index (χ1v) is 11.5. The normalized spacial score (nSPS) is 16.0. The average Bonchev–Trinajstić information content (AvgIpc) is 3.28. The number of amides is 2. The predicted octanol–water partition coefficient (Wildman–Crippen LogP) is 4.62. The zero-order valence-corrected chi connectivity index (χ0v) is 19.0. The number of halogens is 2. The van der Waals surface area contributed by atoms with Crippen LogP contribution in [0, 0.1) is 11.6 Å². The average molecular weight is 467 g/mol. The Bertz CT molecular complexity index is 1140. The van der Waals surface area contributed by atoms with Gasteiger partial charge in [0.1, 0.15) is 17.7 Å². The van der Waals surface area contributed by atoms with Crippen LogP contribution < -0.4 is 10.6 Å². The third kappa shape index (κ3) is 5.32. The molecular weight excluding hydrogens is 438 g/mol. The van der Waals surface area contributed by atoms with Crippen molar-refractivity contribution in [2.45, 2.75) is 56.9 Å². The molecular formula is C26H28F2N4O2. The number of hydrogen-bond donors (Lipinski definition) is 3. The molecule has 1 atom stereocenters. The smallest absolute Gasteiger partial charge is 0.247 e. The second-order valence-electron chi connectivity index (χ2n) is 8.91. The van der Waals surface area contributed by atoms with Gasteiger partial charge in [0.25, 0.3) is 0 Å². The summed E-state index contributed by atoms with van der Waals surface area (Å²) in [5.41, 5.74) is 2.21. The lowest BCUT2D eigenvalue weighted by Gasteiger charge is -2.37. The van der Waals surface area contributed by atoms with Crippen LogP contribution in [-0.4, -0.2) is 28.1 Å². The Hall–Kier alpha value is -3.55. The Morgan fingerprint density at radius 3 is 2.38 bits per heavy atom. The molecule has 1 saturated carbocycles. The molecule has 1 aliphatic carbocycles. The van der Waals surface area contributed by atoms with E-state index in [-0.39, 0.29) is 17.4 Å². The Morgan fingerprint density at radius 2 is 1.71 bits per heavy atom. The Morgan fingerprint density at radius 1 is 1.03 bits per heavy atom. The lowest BCUT2D eigenvalue weighted by Crippen LogP contribution is -2.42. The predicted molar refractivity (Wildman–Crippen MR) is 125 cm³/mol. The fraction of sp³-hybridized carbons (Fsp3) is 0.346. The zero-order valence-electron chi connectivity index (χ0n) is 19.0. The molecule has 3 aromatic rings. The fourth-order valence-electron chi connectivity index (χ4n) is 4.75. The van der Waals surface area contributed by atoms with Crippen molar-refractivity contribution in [2.75, 3.05) is 5.32 Å². The largest absolute Gasteiger partial charge is 0.344 e. The van der Waals surface area contributed by atoms with Gasteiger partial charge in [-0.3, -0.25) is 14.7 Å². The van der Waals surface area contributed by atoms with Gasteiger partial charge in [-0.05, 0) is 43.0 Å². The Kier molecular flexibility index (Phi) is 7.05. The van der Waals surface area contributed by atoms with E-state index in [1.165, 1.54) is 12.0 Å². The van der Waals surface area contributed by atoms with E-state index in [4.69, 9.17) is 0 Å². The van der Waals surface area contributed by atoms with Gasteiger partial charge < -0.3 is 10.6 Å². The number of hydrogen-bond acceptors (Lipinski definition) is 3. The van der Waals surface area contributed by atoms with Gasteiger partial charge in [-0.25, -0.2) is 8.78 Å². The van der Waals surface area contributed by atoms with E-state index < -0.39 is 29.5 Å². The molecule has 2 aromatic carbocycles. The van der Waals surface area contributed by atoms with Crippen LogP contribution in [0.1, 0.15) is 55.8 Å². The van der Waals surface area contributed by atoms with E-state index >= 15 is 0 Å². The van der Waals surface area contributed by atoms with Crippen LogP contribution in [0.4, 0.5) is 14.6 Å². The summed E-state index contributed by atoms with van der Waals surface area (Å²) in [6, 6.07) is 14.3. The standard InChI is InChI=1S/C26H28F2N4O2/c1-17(29-24(33)14-18-12-20(27)15-21(28)13-18)25(34)30-23-16-22(31-32-23)26(10-6-3-7-11-26)19-8-4-2-5-9-19/h2,4-5,8-9,12-13,15-17H,3,6-7,10-11,14H2,1H3,(H,29,33)(H2,30,31,32,34)/t17-/m0/s1. The number of carbonyl (C=O) groups excluding carboxylic acids is 2. The molecule has 0 spiro atoms. The van der Waals surface area contributed by atoms with Gasteiger partial charge in [-0.2, -0.15) is 5.10 Å². The highest BCUT2D eigenvalue weighted by Gasteiger charge is 2.37. The van der Waals surface area contributed by atoms with Crippen LogP contribution in [0.5, 0.6) is 0 Å². The third-order valence-corrected chi connectivity index (χ3v) is 6.44. The molecule has 0 unspecified atom stereocenters. The number of nitrogens with one attached hydrogen (secondary N) is 3. The number of anilines is 1. The lowest BCUT2D eigenvalue weighted by atomic mass is 9.67. The van der Waals surface area contributed by atoms with E-state index in [1.54, 1.807) is 6.92 Å². The molecule has 1 fully saturated rings. The molecule has 2 amide bonds. The van der Waals surface area contributed by atoms with Gasteiger partial charge in [-0.1, -0.05) is 49.6 Å². The Labute approximate surface area is 197 Å². The van der Waals surface area contributed by atoms with Gasteiger partial charge in [0, 0.05) is 23.2 Å². The Balaban J connectivity index is 1.41. The highest BCUT2D eigenvalue weighted by Crippen LogP contribution is 2.44. The van der Waals surface area contributed by atoms with Crippen LogP contribution in [0.3, 0.4) is 0 Å². The maximum atomic E-state index is 13.3. The number of carbonyl (C=O) groups is 2. The summed E-state index contributed by atoms with van der Waals surface area (Å²) >= 11 is 0. The lowest BCUT2D eigenvalue weighted by molar-refractivity contribution is -0.125. The van der Waals surface area contributed by atoms with Gasteiger partial charge in [-0.15, -0.1) is 0 Å². The van der Waals surface area contributed by atoms with Gasteiger partial charge in [0.2, 0.25) is 11.8 Å². The van der Waals surface area contributed by atoms with E-state index in [0.717, 1.165) is 49.6 Å². The van der Waals surface area contributed by atoms with E-state index in [9.17, 15) is 18.4 Å². The van der Waals surface area contributed by atoms with Crippen LogP contribution >= 0.6 is 0 Å². The van der Waals surface area contributed by atoms with Gasteiger partial charge in [0.15, 0.2) is 5.82 Å². The van der Waals surface area contributed by atoms with Crippen molar-refractivity contribution < 1.29 is 18.4 Å². The molecule has 0 saturated heterocycles. The molecule has 0 radical (unpaired) electrons. The minimum absolute atomic E-state index is 0.171. The van der Waals surface area contributed by atoms with Gasteiger partial charge in [0.05, 0.1) is 6.42 Å². The summed E-state index contributed by atoms with van der Waals surface area (Å²) in [5, 5.41) is 12.7. The maximum absolute atomic E-state index is 13.3. The van der Waals surface area contributed by atoms with E-state index in [0.29, 0.717) is 5.82 Å². The molecule has 0 bridgehead atoms. The summed E-state index contributed by atoms with van der Waals surface area (Å²) in [7, 11) is 0. The molecule has 3 N–H and O–H groups in total. The molecule has 1 aromatic heterocycles. The SMILES string of the molecule is C[C@H](NC(=O)Cc1cc(F)cc(F)c1)C(=O)Nc1cc(C2(c3ccccc3)CCCCC2)[nH]n1. The monoisotopic (exact) mass is 466 g/mol. The third-order valence-electron chi connectivity index (χ3n) is 6.44. The van der Waals surface area contributed by atoms with Crippen molar-refractivity contribution in [3.8, 4) is 0 Å². The summed E-state index contributed by atoms with van der Waals surface area (Å²) in [6.07, 6.45) is 5.20. The summed E-state index contributed by atoms with van der Waals surface area (Å²) in [4.78, 5) is 24.9. The van der Waals surface area contributed by atoms with E-state index in [1.807, 2.05) is 24.3 Å². The summed E-state index contributed by atoms with van der Waals surface area (Å²) in [6.45, 7) is 1.54. The highest BCUT2D eigenvalue weighted by molar-refractivity contribution is 5.96. The van der Waals surface area contributed by atoms with Gasteiger partial charge >= 0.3 is 0 Å². The van der Waals surface area contributed by atoms with E-state index in [2.05, 4.69) is 33.0 Å². The minimum Gasteiger partial charge on any atom is -0.344 e. The molecule has 6 nitrogen and oxygen atoms in total. The molecule has 178 valence electrons. The number of aromatic amines is 1. The number of H-pyrrole nitrogens is 1. The molecule has 4 rings (SSSR count).